The number of carbonyl (C=O) groups excluding carboxylic acids is 1. The van der Waals surface area contributed by atoms with Gasteiger partial charge in [0, 0.05) is 5.03 Å². The molecule has 1 amide bonds. The van der Waals surface area contributed by atoms with Gasteiger partial charge in [0.05, 0.1) is 12.2 Å². The van der Waals surface area contributed by atoms with E-state index in [0.29, 0.717) is 16.3 Å². The van der Waals surface area contributed by atoms with Crippen molar-refractivity contribution in [3.63, 3.8) is 0 Å². The molecule has 86 valence electrons. The Balaban J connectivity index is 3.04. The number of amides is 1. The number of carbonyl (C=O) groups is 1. The van der Waals surface area contributed by atoms with E-state index in [4.69, 9.17) is 11.6 Å². The maximum absolute atomic E-state index is 11.7. The normalized spacial score (nSPS) is 9.94. The van der Waals surface area contributed by atoms with Crippen LogP contribution in [0.5, 0.6) is 0 Å². The van der Waals surface area contributed by atoms with Gasteiger partial charge >= 0.3 is 0 Å². The van der Waals surface area contributed by atoms with Crippen LogP contribution in [0.3, 0.4) is 0 Å². The summed E-state index contributed by atoms with van der Waals surface area (Å²) in [5.74, 6) is -0.481. The van der Waals surface area contributed by atoms with Crippen LogP contribution in [0.15, 0.2) is 16.4 Å². The van der Waals surface area contributed by atoms with E-state index in [2.05, 4.69) is 22.1 Å². The molecule has 1 rings (SSSR count). The third-order valence-corrected chi connectivity index (χ3v) is 2.27. The summed E-state index contributed by atoms with van der Waals surface area (Å²) in [6.45, 7) is 6.94. The predicted molar refractivity (Wildman–Crippen MR) is 61.7 cm³/mol. The Morgan fingerprint density at radius 3 is 2.75 bits per heavy atom. The van der Waals surface area contributed by atoms with Crippen molar-refractivity contribution >= 4 is 17.5 Å². The van der Waals surface area contributed by atoms with E-state index in [0.717, 1.165) is 0 Å². The zero-order valence-corrected chi connectivity index (χ0v) is 9.81. The Morgan fingerprint density at radius 1 is 1.56 bits per heavy atom. The van der Waals surface area contributed by atoms with Gasteiger partial charge in [0.2, 0.25) is 0 Å². The minimum atomic E-state index is -0.513. The minimum Gasteiger partial charge on any atom is -0.347 e. The average Bonchev–Trinajstić information content (AvgIpc) is 2.21. The molecule has 0 spiro atoms. The zero-order valence-electron chi connectivity index (χ0n) is 9.06. The molecule has 0 bridgehead atoms. The second-order valence-corrected chi connectivity index (χ2v) is 3.87. The lowest BCUT2D eigenvalue weighted by Gasteiger charge is -2.06. The third kappa shape index (κ3) is 2.70. The summed E-state index contributed by atoms with van der Waals surface area (Å²) in [6, 6.07) is 0. The second kappa shape index (κ2) is 4.94. The standard InChI is InChI=1S/C10H12ClN3O2/c1-5(11)4-12-9(15)8-6(2)7(3)13-14-10(8)16/h1,4H2,2-3H3,(H,12,15)(H,14,16). The Hall–Kier alpha value is -1.62. The Kier molecular flexibility index (Phi) is 3.84. The number of hydrogen-bond donors (Lipinski definition) is 2. The molecule has 16 heavy (non-hydrogen) atoms. The summed E-state index contributed by atoms with van der Waals surface area (Å²) in [5, 5.41) is 8.80. The number of H-pyrrole nitrogens is 1. The highest BCUT2D eigenvalue weighted by molar-refractivity contribution is 6.29. The van der Waals surface area contributed by atoms with Gasteiger partial charge in [-0.15, -0.1) is 0 Å². The van der Waals surface area contributed by atoms with Crippen LogP contribution in [0, 0.1) is 13.8 Å². The van der Waals surface area contributed by atoms with Gasteiger partial charge in [-0.25, -0.2) is 5.10 Å². The summed E-state index contributed by atoms with van der Waals surface area (Å²) in [7, 11) is 0. The smallest absolute Gasteiger partial charge is 0.277 e. The van der Waals surface area contributed by atoms with Crippen LogP contribution in [0.1, 0.15) is 21.6 Å². The molecule has 0 aliphatic rings. The van der Waals surface area contributed by atoms with Crippen molar-refractivity contribution in [2.45, 2.75) is 13.8 Å². The molecular weight excluding hydrogens is 230 g/mol. The lowest BCUT2D eigenvalue weighted by atomic mass is 10.1. The van der Waals surface area contributed by atoms with Gasteiger partial charge < -0.3 is 5.32 Å². The maximum atomic E-state index is 11.7. The molecule has 0 fully saturated rings. The van der Waals surface area contributed by atoms with Crippen molar-refractivity contribution < 1.29 is 4.79 Å². The molecule has 5 nitrogen and oxygen atoms in total. The van der Waals surface area contributed by atoms with Gasteiger partial charge in [0.15, 0.2) is 0 Å². The fourth-order valence-electron chi connectivity index (χ4n) is 1.16. The molecule has 6 heteroatoms. The molecule has 1 aromatic heterocycles. The van der Waals surface area contributed by atoms with Gasteiger partial charge in [-0.3, -0.25) is 9.59 Å². The molecule has 0 aliphatic heterocycles. The average molecular weight is 242 g/mol. The highest BCUT2D eigenvalue weighted by Crippen LogP contribution is 2.05. The van der Waals surface area contributed by atoms with Crippen molar-refractivity contribution in [2.75, 3.05) is 6.54 Å². The third-order valence-electron chi connectivity index (χ3n) is 2.14. The van der Waals surface area contributed by atoms with E-state index in [1.807, 2.05) is 0 Å². The van der Waals surface area contributed by atoms with Crippen molar-refractivity contribution in [1.29, 1.82) is 0 Å². The Bertz CT molecular complexity index is 493. The highest BCUT2D eigenvalue weighted by atomic mass is 35.5. The molecule has 0 aliphatic carbocycles. The fraction of sp³-hybridized carbons (Fsp3) is 0.300. The molecule has 0 aromatic carbocycles. The topological polar surface area (TPSA) is 74.8 Å². The largest absolute Gasteiger partial charge is 0.347 e. The molecule has 2 N–H and O–H groups in total. The first-order chi connectivity index (χ1) is 7.43. The zero-order chi connectivity index (χ0) is 12.3. The van der Waals surface area contributed by atoms with E-state index in [-0.39, 0.29) is 12.1 Å². The first-order valence-corrected chi connectivity index (χ1v) is 4.98. The van der Waals surface area contributed by atoms with Crippen LogP contribution in [0.25, 0.3) is 0 Å². The number of halogens is 1. The highest BCUT2D eigenvalue weighted by Gasteiger charge is 2.15. The number of aromatic amines is 1. The minimum absolute atomic E-state index is 0.0606. The lowest BCUT2D eigenvalue weighted by Crippen LogP contribution is -2.32. The Morgan fingerprint density at radius 2 is 2.19 bits per heavy atom. The summed E-state index contributed by atoms with van der Waals surface area (Å²) >= 11 is 5.51. The number of nitrogens with one attached hydrogen (secondary N) is 2. The SMILES string of the molecule is C=C(Cl)CNC(=O)c1c(C)c(C)n[nH]c1=O. The van der Waals surface area contributed by atoms with Crippen LogP contribution in [-0.4, -0.2) is 22.6 Å². The van der Waals surface area contributed by atoms with E-state index >= 15 is 0 Å². The summed E-state index contributed by atoms with van der Waals surface area (Å²) in [6.07, 6.45) is 0. The second-order valence-electron chi connectivity index (χ2n) is 3.34. The number of nitrogens with zero attached hydrogens (tertiary/aromatic N) is 1. The van der Waals surface area contributed by atoms with Crippen molar-refractivity contribution in [3.05, 3.63) is 38.8 Å². The molecule has 0 unspecified atom stereocenters. The van der Waals surface area contributed by atoms with E-state index < -0.39 is 11.5 Å². The van der Waals surface area contributed by atoms with Gasteiger partial charge in [-0.2, -0.15) is 5.10 Å². The van der Waals surface area contributed by atoms with Gasteiger partial charge in [0.1, 0.15) is 5.56 Å². The predicted octanol–water partition coefficient (Wildman–Crippen LogP) is 0.869. The maximum Gasteiger partial charge on any atom is 0.277 e. The monoisotopic (exact) mass is 241 g/mol. The number of aryl methyl sites for hydroxylation is 1. The molecule has 0 saturated heterocycles. The molecule has 1 aromatic rings. The van der Waals surface area contributed by atoms with E-state index in [1.165, 1.54) is 0 Å². The van der Waals surface area contributed by atoms with Crippen molar-refractivity contribution in [1.82, 2.24) is 15.5 Å². The van der Waals surface area contributed by atoms with Gasteiger partial charge in [-0.05, 0) is 19.4 Å². The molecule has 0 radical (unpaired) electrons. The van der Waals surface area contributed by atoms with Crippen molar-refractivity contribution in [3.8, 4) is 0 Å². The molecule has 0 atom stereocenters. The van der Waals surface area contributed by atoms with Crippen molar-refractivity contribution in [2.24, 2.45) is 0 Å². The summed E-state index contributed by atoms with van der Waals surface area (Å²) < 4.78 is 0. The molecule has 0 saturated carbocycles. The molecular formula is C10H12ClN3O2. The quantitative estimate of drug-likeness (QED) is 0.825. The lowest BCUT2D eigenvalue weighted by molar-refractivity contribution is 0.0955. The van der Waals surface area contributed by atoms with Gasteiger partial charge in [0.25, 0.3) is 11.5 Å². The van der Waals surface area contributed by atoms with E-state index in [9.17, 15) is 9.59 Å². The first kappa shape index (κ1) is 12.4. The van der Waals surface area contributed by atoms with E-state index in [1.54, 1.807) is 13.8 Å². The van der Waals surface area contributed by atoms with Crippen LogP contribution in [-0.2, 0) is 0 Å². The fourth-order valence-corrected chi connectivity index (χ4v) is 1.23. The van der Waals surface area contributed by atoms with Crippen LogP contribution in [0.4, 0.5) is 0 Å². The summed E-state index contributed by atoms with van der Waals surface area (Å²) in [4.78, 5) is 23.1. The van der Waals surface area contributed by atoms with Crippen LogP contribution >= 0.6 is 11.6 Å². The number of aromatic nitrogens is 2. The van der Waals surface area contributed by atoms with Crippen LogP contribution in [0.2, 0.25) is 0 Å². The van der Waals surface area contributed by atoms with Gasteiger partial charge in [-0.1, -0.05) is 18.2 Å². The number of hydrogen-bond acceptors (Lipinski definition) is 3. The first-order valence-electron chi connectivity index (χ1n) is 4.61. The molecule has 1 heterocycles. The summed E-state index contributed by atoms with van der Waals surface area (Å²) in [5.41, 5.74) is 0.710. The number of rotatable bonds is 3. The van der Waals surface area contributed by atoms with Crippen LogP contribution < -0.4 is 10.9 Å². The Labute approximate surface area is 97.5 Å².